The van der Waals surface area contributed by atoms with Gasteiger partial charge in [0.15, 0.2) is 0 Å². The Morgan fingerprint density at radius 3 is 2.09 bits per heavy atom. The third-order valence-corrected chi connectivity index (χ3v) is 9.96. The fourth-order valence-electron chi connectivity index (χ4n) is 4.89. The minimum atomic E-state index is -4.25. The lowest BCUT2D eigenvalue weighted by atomic mass is 10.0. The molecule has 0 bridgehead atoms. The van der Waals surface area contributed by atoms with Crippen LogP contribution in [0.2, 0.25) is 10.0 Å². The SMILES string of the molecule is CCCNC(=O)C(Cc1ccccc1)N(Cc1c(Cl)cccc1Cl)C(=O)CN(c1ccc(C)cc1)S(=O)(=O)c1ccc(OC)cc1. The van der Waals surface area contributed by atoms with E-state index in [0.29, 0.717) is 40.0 Å². The van der Waals surface area contributed by atoms with Gasteiger partial charge in [-0.1, -0.05) is 84.2 Å². The van der Waals surface area contributed by atoms with Crippen molar-refractivity contribution in [1.29, 1.82) is 0 Å². The van der Waals surface area contributed by atoms with E-state index in [1.54, 1.807) is 54.6 Å². The van der Waals surface area contributed by atoms with Crippen LogP contribution in [0.1, 0.15) is 30.0 Å². The molecule has 0 spiro atoms. The second kappa shape index (κ2) is 16.0. The van der Waals surface area contributed by atoms with Crippen LogP contribution in [0.25, 0.3) is 0 Å². The van der Waals surface area contributed by atoms with Gasteiger partial charge in [0.1, 0.15) is 18.3 Å². The monoisotopic (exact) mass is 681 g/mol. The summed E-state index contributed by atoms with van der Waals surface area (Å²) < 4.78 is 34.6. The lowest BCUT2D eigenvalue weighted by Crippen LogP contribution is -2.53. The summed E-state index contributed by atoms with van der Waals surface area (Å²) in [5, 5.41) is 3.56. The number of methoxy groups -OCH3 is 1. The van der Waals surface area contributed by atoms with E-state index < -0.39 is 28.5 Å². The third kappa shape index (κ3) is 8.60. The summed E-state index contributed by atoms with van der Waals surface area (Å²) in [4.78, 5) is 29.7. The Hall–Kier alpha value is -4.05. The van der Waals surface area contributed by atoms with Crippen LogP contribution in [-0.4, -0.2) is 51.4 Å². The number of hydrogen-bond donors (Lipinski definition) is 1. The fourth-order valence-corrected chi connectivity index (χ4v) is 6.82. The van der Waals surface area contributed by atoms with Crippen LogP contribution in [-0.2, 0) is 32.6 Å². The highest BCUT2D eigenvalue weighted by Gasteiger charge is 2.35. The van der Waals surface area contributed by atoms with Crippen LogP contribution < -0.4 is 14.4 Å². The molecule has 11 heteroatoms. The first-order chi connectivity index (χ1) is 22.0. The van der Waals surface area contributed by atoms with Gasteiger partial charge in [0.2, 0.25) is 11.8 Å². The number of halogens is 2. The highest BCUT2D eigenvalue weighted by Crippen LogP contribution is 2.29. The molecule has 4 aromatic carbocycles. The summed E-state index contributed by atoms with van der Waals surface area (Å²) in [5.41, 5.74) is 2.48. The van der Waals surface area contributed by atoms with Crippen molar-refractivity contribution in [2.75, 3.05) is 24.5 Å². The van der Waals surface area contributed by atoms with E-state index in [9.17, 15) is 18.0 Å². The van der Waals surface area contributed by atoms with Crippen molar-refractivity contribution in [3.05, 3.63) is 124 Å². The molecular weight excluding hydrogens is 645 g/mol. The predicted molar refractivity (Wildman–Crippen MR) is 183 cm³/mol. The van der Waals surface area contributed by atoms with Gasteiger partial charge in [-0.2, -0.15) is 0 Å². The Morgan fingerprint density at radius 2 is 1.50 bits per heavy atom. The number of anilines is 1. The van der Waals surface area contributed by atoms with Crippen molar-refractivity contribution < 1.29 is 22.7 Å². The molecular formula is C35H37Cl2N3O5S. The average Bonchev–Trinajstić information content (AvgIpc) is 3.06. The third-order valence-electron chi connectivity index (χ3n) is 7.46. The van der Waals surface area contributed by atoms with E-state index in [0.717, 1.165) is 15.4 Å². The van der Waals surface area contributed by atoms with Crippen LogP contribution in [0.5, 0.6) is 5.75 Å². The molecule has 0 aromatic heterocycles. The number of rotatable bonds is 14. The first-order valence-electron chi connectivity index (χ1n) is 14.8. The van der Waals surface area contributed by atoms with Crippen molar-refractivity contribution in [2.24, 2.45) is 0 Å². The fraction of sp³-hybridized carbons (Fsp3) is 0.257. The zero-order chi connectivity index (χ0) is 33.3. The van der Waals surface area contributed by atoms with Crippen LogP contribution in [0.15, 0.2) is 102 Å². The van der Waals surface area contributed by atoms with Gasteiger partial charge in [0.25, 0.3) is 10.0 Å². The Kier molecular flexibility index (Phi) is 12.1. The molecule has 0 saturated heterocycles. The minimum Gasteiger partial charge on any atom is -0.497 e. The van der Waals surface area contributed by atoms with E-state index in [2.05, 4.69) is 5.32 Å². The van der Waals surface area contributed by atoms with Gasteiger partial charge < -0.3 is 15.0 Å². The number of amides is 2. The molecule has 242 valence electrons. The van der Waals surface area contributed by atoms with Crippen molar-refractivity contribution in [3.8, 4) is 5.75 Å². The Balaban J connectivity index is 1.82. The topological polar surface area (TPSA) is 96.0 Å². The number of nitrogens with one attached hydrogen (secondary N) is 1. The van der Waals surface area contributed by atoms with Crippen molar-refractivity contribution in [3.63, 3.8) is 0 Å². The molecule has 4 rings (SSSR count). The largest absolute Gasteiger partial charge is 0.497 e. The number of aryl methyl sites for hydroxylation is 1. The molecule has 0 fully saturated rings. The molecule has 8 nitrogen and oxygen atoms in total. The minimum absolute atomic E-state index is 0.0242. The van der Waals surface area contributed by atoms with Crippen LogP contribution >= 0.6 is 23.2 Å². The van der Waals surface area contributed by atoms with E-state index in [-0.39, 0.29) is 23.8 Å². The lowest BCUT2D eigenvalue weighted by Gasteiger charge is -2.34. The van der Waals surface area contributed by atoms with Gasteiger partial charge in [-0.3, -0.25) is 13.9 Å². The zero-order valence-electron chi connectivity index (χ0n) is 26.0. The number of carbonyl (C=O) groups excluding carboxylic acids is 2. The normalized spacial score (nSPS) is 11.8. The van der Waals surface area contributed by atoms with Gasteiger partial charge in [0.05, 0.1) is 17.7 Å². The predicted octanol–water partition coefficient (Wildman–Crippen LogP) is 6.67. The maximum absolute atomic E-state index is 14.5. The summed E-state index contributed by atoms with van der Waals surface area (Å²) in [6.07, 6.45) is 0.870. The Bertz CT molecular complexity index is 1710. The summed E-state index contributed by atoms with van der Waals surface area (Å²) in [7, 11) is -2.76. The standard InChI is InChI=1S/C35H37Cl2N3O5S/c1-4-21-38-35(42)33(22-26-9-6-5-7-10-26)39(23-30-31(36)11-8-12-32(30)37)34(41)24-40(27-15-13-25(2)14-16-27)46(43,44)29-19-17-28(45-3)18-20-29/h5-20,33H,4,21-24H2,1-3H3,(H,38,42). The van der Waals surface area contributed by atoms with Gasteiger partial charge in [-0.25, -0.2) is 8.42 Å². The second-order valence-electron chi connectivity index (χ2n) is 10.7. The summed E-state index contributed by atoms with van der Waals surface area (Å²) in [6.45, 7) is 3.50. The number of carbonyl (C=O) groups is 2. The van der Waals surface area contributed by atoms with Crippen LogP contribution in [0.3, 0.4) is 0 Å². The molecule has 0 radical (unpaired) electrons. The van der Waals surface area contributed by atoms with Gasteiger partial charge >= 0.3 is 0 Å². The highest BCUT2D eigenvalue weighted by atomic mass is 35.5. The maximum Gasteiger partial charge on any atom is 0.264 e. The molecule has 1 atom stereocenters. The lowest BCUT2D eigenvalue weighted by molar-refractivity contribution is -0.140. The smallest absolute Gasteiger partial charge is 0.264 e. The second-order valence-corrected chi connectivity index (χ2v) is 13.4. The Morgan fingerprint density at radius 1 is 0.870 bits per heavy atom. The molecule has 0 heterocycles. The highest BCUT2D eigenvalue weighted by molar-refractivity contribution is 7.92. The number of nitrogens with zero attached hydrogens (tertiary/aromatic N) is 2. The Labute approximate surface area is 280 Å². The molecule has 1 N–H and O–H groups in total. The van der Waals surface area contributed by atoms with E-state index in [4.69, 9.17) is 27.9 Å². The number of sulfonamides is 1. The van der Waals surface area contributed by atoms with Gasteiger partial charge in [-0.15, -0.1) is 0 Å². The molecule has 46 heavy (non-hydrogen) atoms. The van der Waals surface area contributed by atoms with E-state index in [1.807, 2.05) is 44.2 Å². The number of hydrogen-bond acceptors (Lipinski definition) is 5. The molecule has 1 unspecified atom stereocenters. The molecule has 0 aliphatic carbocycles. The van der Waals surface area contributed by atoms with Crippen LogP contribution in [0, 0.1) is 6.92 Å². The van der Waals surface area contributed by atoms with Gasteiger partial charge in [0, 0.05) is 35.1 Å². The first kappa shape index (κ1) is 34.8. The summed E-state index contributed by atoms with van der Waals surface area (Å²) >= 11 is 13.1. The first-order valence-corrected chi connectivity index (χ1v) is 17.0. The van der Waals surface area contributed by atoms with Crippen LogP contribution in [0.4, 0.5) is 5.69 Å². The number of benzene rings is 4. The van der Waals surface area contributed by atoms with Gasteiger partial charge in [-0.05, 0) is 67.4 Å². The van der Waals surface area contributed by atoms with Crippen molar-refractivity contribution in [2.45, 2.75) is 44.2 Å². The molecule has 0 aliphatic rings. The quantitative estimate of drug-likeness (QED) is 0.160. The summed E-state index contributed by atoms with van der Waals surface area (Å²) in [6, 6.07) is 26.1. The number of ether oxygens (including phenoxy) is 1. The average molecular weight is 683 g/mol. The molecule has 0 saturated carbocycles. The van der Waals surface area contributed by atoms with E-state index >= 15 is 0 Å². The maximum atomic E-state index is 14.5. The molecule has 2 amide bonds. The zero-order valence-corrected chi connectivity index (χ0v) is 28.3. The van der Waals surface area contributed by atoms with E-state index in [1.165, 1.54) is 24.1 Å². The van der Waals surface area contributed by atoms with Crippen molar-refractivity contribution >= 4 is 50.7 Å². The molecule has 4 aromatic rings. The van der Waals surface area contributed by atoms with Crippen molar-refractivity contribution in [1.82, 2.24) is 10.2 Å². The summed E-state index contributed by atoms with van der Waals surface area (Å²) in [5.74, 6) is -0.495. The molecule has 0 aliphatic heterocycles.